The van der Waals surface area contributed by atoms with Crippen LogP contribution in [0.3, 0.4) is 0 Å². The van der Waals surface area contributed by atoms with E-state index < -0.39 is 0 Å². The van der Waals surface area contributed by atoms with E-state index in [4.69, 9.17) is 0 Å². The highest BCUT2D eigenvalue weighted by atomic mass is 31.0. The second kappa shape index (κ2) is 4.46. The molecule has 0 amide bonds. The van der Waals surface area contributed by atoms with Crippen LogP contribution in [0.1, 0.15) is 12.0 Å². The van der Waals surface area contributed by atoms with Crippen molar-refractivity contribution in [2.24, 2.45) is 0 Å². The Labute approximate surface area is 64.9 Å². The van der Waals surface area contributed by atoms with Gasteiger partial charge < -0.3 is 0 Å². The van der Waals surface area contributed by atoms with Gasteiger partial charge in [0.15, 0.2) is 0 Å². The zero-order valence-electron chi connectivity index (χ0n) is 6.09. The van der Waals surface area contributed by atoms with Crippen LogP contribution in [0.2, 0.25) is 0 Å². The second-order valence-electron chi connectivity index (χ2n) is 2.38. The maximum atomic E-state index is 2.75. The first-order valence-electron chi connectivity index (χ1n) is 3.67. The maximum Gasteiger partial charge on any atom is -0.0276 e. The molecule has 0 spiro atoms. The minimum atomic E-state index is 1.20. The van der Waals surface area contributed by atoms with Crippen LogP contribution in [0.25, 0.3) is 0 Å². The van der Waals surface area contributed by atoms with Crippen molar-refractivity contribution in [3.63, 3.8) is 0 Å². The molecular formula is C9H13P. The van der Waals surface area contributed by atoms with E-state index in [9.17, 15) is 0 Å². The van der Waals surface area contributed by atoms with Gasteiger partial charge in [0.2, 0.25) is 0 Å². The van der Waals surface area contributed by atoms with Crippen molar-refractivity contribution in [1.82, 2.24) is 0 Å². The van der Waals surface area contributed by atoms with Gasteiger partial charge in [-0.25, -0.2) is 0 Å². The van der Waals surface area contributed by atoms with Gasteiger partial charge in [-0.1, -0.05) is 30.3 Å². The Morgan fingerprint density at radius 1 is 1.10 bits per heavy atom. The molecule has 0 aromatic heterocycles. The van der Waals surface area contributed by atoms with Crippen molar-refractivity contribution in [3.05, 3.63) is 35.9 Å². The molecule has 10 heavy (non-hydrogen) atoms. The van der Waals surface area contributed by atoms with E-state index in [2.05, 4.69) is 39.6 Å². The van der Waals surface area contributed by atoms with Crippen LogP contribution in [0.4, 0.5) is 0 Å². The lowest BCUT2D eigenvalue weighted by atomic mass is 10.1. The standard InChI is InChI=1S/C9H13P/c10-8-4-7-9-5-2-1-3-6-9/h1-3,5-6H,4,7-8,10H2. The zero-order valence-corrected chi connectivity index (χ0v) is 7.24. The van der Waals surface area contributed by atoms with E-state index in [0.717, 1.165) is 0 Å². The van der Waals surface area contributed by atoms with Gasteiger partial charge in [0.25, 0.3) is 0 Å². The van der Waals surface area contributed by atoms with Crippen LogP contribution >= 0.6 is 9.24 Å². The third kappa shape index (κ3) is 2.49. The van der Waals surface area contributed by atoms with Crippen LogP contribution in [0.15, 0.2) is 30.3 Å². The molecule has 1 aromatic rings. The second-order valence-corrected chi connectivity index (χ2v) is 2.96. The average molecular weight is 152 g/mol. The molecule has 0 aliphatic rings. The van der Waals surface area contributed by atoms with Crippen LogP contribution < -0.4 is 0 Å². The Bertz CT molecular complexity index is 169. The fraction of sp³-hybridized carbons (Fsp3) is 0.333. The third-order valence-electron chi connectivity index (χ3n) is 1.51. The van der Waals surface area contributed by atoms with Crippen LogP contribution in [0, 0.1) is 0 Å². The van der Waals surface area contributed by atoms with E-state index >= 15 is 0 Å². The lowest BCUT2D eigenvalue weighted by Gasteiger charge is -1.96. The molecule has 1 unspecified atom stereocenters. The summed E-state index contributed by atoms with van der Waals surface area (Å²) in [5.74, 6) is 0. The predicted molar refractivity (Wildman–Crippen MR) is 49.3 cm³/mol. The number of rotatable bonds is 3. The van der Waals surface area contributed by atoms with Crippen LogP contribution in [-0.2, 0) is 6.42 Å². The summed E-state index contributed by atoms with van der Waals surface area (Å²) in [6.45, 7) is 0. The zero-order chi connectivity index (χ0) is 7.23. The van der Waals surface area contributed by atoms with E-state index in [1.165, 1.54) is 24.6 Å². The molecule has 0 radical (unpaired) electrons. The first-order chi connectivity index (χ1) is 4.93. The quantitative estimate of drug-likeness (QED) is 0.584. The molecule has 0 aliphatic carbocycles. The van der Waals surface area contributed by atoms with Gasteiger partial charge in [0.1, 0.15) is 0 Å². The lowest BCUT2D eigenvalue weighted by Crippen LogP contribution is -1.83. The summed E-state index contributed by atoms with van der Waals surface area (Å²) >= 11 is 0. The SMILES string of the molecule is PCCCc1ccccc1. The Hall–Kier alpha value is -0.350. The highest BCUT2D eigenvalue weighted by Gasteiger charge is 1.87. The van der Waals surface area contributed by atoms with E-state index in [1.54, 1.807) is 0 Å². The van der Waals surface area contributed by atoms with Crippen molar-refractivity contribution in [2.45, 2.75) is 12.8 Å². The molecule has 54 valence electrons. The number of benzene rings is 1. The van der Waals surface area contributed by atoms with Gasteiger partial charge in [-0.15, -0.1) is 9.24 Å². The summed E-state index contributed by atoms with van der Waals surface area (Å²) in [6.07, 6.45) is 3.69. The van der Waals surface area contributed by atoms with Gasteiger partial charge in [0, 0.05) is 0 Å². The molecule has 0 nitrogen and oxygen atoms in total. The predicted octanol–water partition coefficient (Wildman–Crippen LogP) is 2.49. The number of hydrogen-bond acceptors (Lipinski definition) is 0. The Kier molecular flexibility index (Phi) is 3.46. The van der Waals surface area contributed by atoms with Crippen molar-refractivity contribution < 1.29 is 0 Å². The first-order valence-corrected chi connectivity index (χ1v) is 4.49. The summed E-state index contributed by atoms with van der Waals surface area (Å²) in [7, 11) is 2.75. The van der Waals surface area contributed by atoms with Crippen LogP contribution in [0.5, 0.6) is 0 Å². The Balaban J connectivity index is 2.43. The smallest absolute Gasteiger partial charge is 0.0276 e. The molecule has 0 aliphatic heterocycles. The molecule has 0 bridgehead atoms. The molecular weight excluding hydrogens is 139 g/mol. The summed E-state index contributed by atoms with van der Waals surface area (Å²) in [5.41, 5.74) is 1.45. The summed E-state index contributed by atoms with van der Waals surface area (Å²) in [6, 6.07) is 10.6. The van der Waals surface area contributed by atoms with Crippen molar-refractivity contribution in [3.8, 4) is 0 Å². The number of aryl methyl sites for hydroxylation is 1. The molecule has 1 heteroatoms. The van der Waals surface area contributed by atoms with Gasteiger partial charge >= 0.3 is 0 Å². The molecule has 0 saturated carbocycles. The lowest BCUT2D eigenvalue weighted by molar-refractivity contribution is 0.934. The first kappa shape index (κ1) is 7.75. The van der Waals surface area contributed by atoms with Gasteiger partial charge in [0.05, 0.1) is 0 Å². The highest BCUT2D eigenvalue weighted by Crippen LogP contribution is 2.02. The molecule has 1 rings (SSSR count). The summed E-state index contributed by atoms with van der Waals surface area (Å²) in [4.78, 5) is 0. The molecule has 0 heterocycles. The Morgan fingerprint density at radius 3 is 2.40 bits per heavy atom. The highest BCUT2D eigenvalue weighted by molar-refractivity contribution is 7.16. The van der Waals surface area contributed by atoms with E-state index in [0.29, 0.717) is 0 Å². The van der Waals surface area contributed by atoms with Gasteiger partial charge in [-0.3, -0.25) is 0 Å². The third-order valence-corrected chi connectivity index (χ3v) is 1.92. The summed E-state index contributed by atoms with van der Waals surface area (Å²) < 4.78 is 0. The van der Waals surface area contributed by atoms with Crippen molar-refractivity contribution in [2.75, 3.05) is 6.16 Å². The fourth-order valence-electron chi connectivity index (χ4n) is 0.951. The topological polar surface area (TPSA) is 0 Å². The number of hydrogen-bond donors (Lipinski definition) is 0. The molecule has 1 atom stereocenters. The van der Waals surface area contributed by atoms with E-state index in [-0.39, 0.29) is 0 Å². The van der Waals surface area contributed by atoms with Gasteiger partial charge in [-0.2, -0.15) is 0 Å². The minimum absolute atomic E-state index is 1.20. The minimum Gasteiger partial charge on any atom is -0.138 e. The van der Waals surface area contributed by atoms with Crippen LogP contribution in [-0.4, -0.2) is 6.16 Å². The van der Waals surface area contributed by atoms with Gasteiger partial charge in [-0.05, 0) is 24.6 Å². The van der Waals surface area contributed by atoms with E-state index in [1.807, 2.05) is 0 Å². The molecule has 0 saturated heterocycles. The normalized spacial score (nSPS) is 9.70. The Morgan fingerprint density at radius 2 is 1.80 bits per heavy atom. The molecule has 0 N–H and O–H groups in total. The van der Waals surface area contributed by atoms with Crippen molar-refractivity contribution in [1.29, 1.82) is 0 Å². The maximum absolute atomic E-state index is 2.75. The monoisotopic (exact) mass is 152 g/mol. The fourth-order valence-corrected chi connectivity index (χ4v) is 1.15. The average Bonchev–Trinajstić information content (AvgIpc) is 2.03. The largest absolute Gasteiger partial charge is 0.138 e. The molecule has 1 aromatic carbocycles. The van der Waals surface area contributed by atoms with Crippen molar-refractivity contribution >= 4 is 9.24 Å². The summed E-state index contributed by atoms with van der Waals surface area (Å²) in [5, 5.41) is 0. The molecule has 0 fully saturated rings.